The van der Waals surface area contributed by atoms with Gasteiger partial charge in [0.25, 0.3) is 0 Å². The van der Waals surface area contributed by atoms with Crippen molar-refractivity contribution < 1.29 is 19.4 Å². The fourth-order valence-corrected chi connectivity index (χ4v) is 2.22. The van der Waals surface area contributed by atoms with Crippen LogP contribution in [0.5, 0.6) is 5.75 Å². The minimum absolute atomic E-state index is 0.281. The van der Waals surface area contributed by atoms with Crippen molar-refractivity contribution in [3.8, 4) is 5.75 Å². The van der Waals surface area contributed by atoms with Crippen LogP contribution in [0.3, 0.4) is 0 Å². The molecule has 5 nitrogen and oxygen atoms in total. The van der Waals surface area contributed by atoms with E-state index in [9.17, 15) is 9.90 Å². The molecule has 2 aliphatic heterocycles. The van der Waals surface area contributed by atoms with Gasteiger partial charge in [-0.25, -0.2) is 0 Å². The molecule has 5 heteroatoms. The number of carboxylic acid groups (broad SMARTS) is 1. The summed E-state index contributed by atoms with van der Waals surface area (Å²) in [7, 11) is 0. The molecule has 0 bridgehead atoms. The van der Waals surface area contributed by atoms with Crippen molar-refractivity contribution in [2.45, 2.75) is 6.42 Å². The third-order valence-corrected chi connectivity index (χ3v) is 3.53. The molecule has 2 N–H and O–H groups in total. The van der Waals surface area contributed by atoms with Crippen LogP contribution in [0, 0.1) is 5.41 Å². The van der Waals surface area contributed by atoms with Gasteiger partial charge < -0.3 is 19.9 Å². The Balaban J connectivity index is 1.68. The van der Waals surface area contributed by atoms with E-state index in [4.69, 9.17) is 9.47 Å². The topological polar surface area (TPSA) is 67.8 Å². The molecule has 96 valence electrons. The number of rotatable bonds is 4. The second-order valence-electron chi connectivity index (χ2n) is 4.85. The minimum Gasteiger partial charge on any atom is -0.493 e. The Kier molecular flexibility index (Phi) is 2.63. The zero-order valence-corrected chi connectivity index (χ0v) is 9.94. The zero-order valence-electron chi connectivity index (χ0n) is 9.94. The average molecular weight is 249 g/mol. The van der Waals surface area contributed by atoms with E-state index in [-0.39, 0.29) is 13.2 Å². The molecule has 0 saturated carbocycles. The predicted molar refractivity (Wildman–Crippen MR) is 65.0 cm³/mol. The van der Waals surface area contributed by atoms with Gasteiger partial charge >= 0.3 is 5.97 Å². The smallest absolute Gasteiger partial charge is 0.316 e. The number of hydrogen-bond acceptors (Lipinski definition) is 4. The number of benzene rings is 1. The number of nitrogens with one attached hydrogen (secondary N) is 1. The molecule has 0 aromatic heterocycles. The van der Waals surface area contributed by atoms with E-state index >= 15 is 0 Å². The summed E-state index contributed by atoms with van der Waals surface area (Å²) in [5.41, 5.74) is 1.34. The highest BCUT2D eigenvalue weighted by molar-refractivity contribution is 5.77. The van der Waals surface area contributed by atoms with Gasteiger partial charge in [0.05, 0.1) is 19.8 Å². The molecule has 0 unspecified atom stereocenters. The number of ether oxygens (including phenoxy) is 2. The van der Waals surface area contributed by atoms with Crippen LogP contribution in [0.4, 0.5) is 5.69 Å². The summed E-state index contributed by atoms with van der Waals surface area (Å²) in [6.07, 6.45) is 0.915. The molecule has 1 fully saturated rings. The lowest BCUT2D eigenvalue weighted by molar-refractivity contribution is -0.176. The molecule has 2 heterocycles. The molecule has 0 atom stereocenters. The second kappa shape index (κ2) is 4.17. The Morgan fingerprint density at radius 3 is 2.94 bits per heavy atom. The van der Waals surface area contributed by atoms with E-state index in [0.717, 1.165) is 24.5 Å². The van der Waals surface area contributed by atoms with Crippen molar-refractivity contribution in [2.75, 3.05) is 31.7 Å². The zero-order chi connectivity index (χ0) is 12.6. The summed E-state index contributed by atoms with van der Waals surface area (Å²) in [5.74, 6) is 0.131. The monoisotopic (exact) mass is 249 g/mol. The number of aliphatic carboxylic acids is 1. The first-order valence-electron chi connectivity index (χ1n) is 6.00. The third-order valence-electron chi connectivity index (χ3n) is 3.53. The summed E-state index contributed by atoms with van der Waals surface area (Å²) in [4.78, 5) is 11.2. The molecule has 0 radical (unpaired) electrons. The molecule has 1 saturated heterocycles. The largest absolute Gasteiger partial charge is 0.493 e. The Bertz CT molecular complexity index is 482. The molecule has 0 aliphatic carbocycles. The Hall–Kier alpha value is -1.75. The summed E-state index contributed by atoms with van der Waals surface area (Å²) < 4.78 is 10.4. The van der Waals surface area contributed by atoms with E-state index < -0.39 is 11.4 Å². The maximum absolute atomic E-state index is 11.2. The normalized spacial score (nSPS) is 19.6. The van der Waals surface area contributed by atoms with Crippen LogP contribution in [0.2, 0.25) is 0 Å². The number of anilines is 1. The molecule has 1 aromatic carbocycles. The minimum atomic E-state index is -0.800. The van der Waals surface area contributed by atoms with Crippen molar-refractivity contribution in [1.29, 1.82) is 0 Å². The standard InChI is InChI=1S/C13H15NO4/c15-12(16)13(7-17-8-13)6-14-10-1-2-11-9(5-10)3-4-18-11/h1-2,5,14H,3-4,6-8H2,(H,15,16). The van der Waals surface area contributed by atoms with E-state index in [0.29, 0.717) is 6.54 Å². The SMILES string of the molecule is O=C(O)C1(CNc2ccc3c(c2)CCO3)COC1. The van der Waals surface area contributed by atoms with E-state index in [2.05, 4.69) is 5.32 Å². The molecule has 2 aliphatic rings. The van der Waals surface area contributed by atoms with E-state index in [1.807, 2.05) is 18.2 Å². The Morgan fingerprint density at radius 2 is 2.28 bits per heavy atom. The summed E-state index contributed by atoms with van der Waals surface area (Å²) in [5, 5.41) is 12.4. The van der Waals surface area contributed by atoms with Gasteiger partial charge in [-0.3, -0.25) is 4.79 Å². The lowest BCUT2D eigenvalue weighted by Gasteiger charge is -2.37. The number of carbonyl (C=O) groups is 1. The van der Waals surface area contributed by atoms with Crippen LogP contribution in [-0.4, -0.2) is 37.4 Å². The summed E-state index contributed by atoms with van der Waals surface area (Å²) >= 11 is 0. The number of carboxylic acids is 1. The van der Waals surface area contributed by atoms with Crippen molar-refractivity contribution >= 4 is 11.7 Å². The number of hydrogen-bond donors (Lipinski definition) is 2. The van der Waals surface area contributed by atoms with Gasteiger partial charge in [-0.1, -0.05) is 0 Å². The highest BCUT2D eigenvalue weighted by atomic mass is 16.5. The summed E-state index contributed by atoms with van der Waals surface area (Å²) in [6.45, 7) is 1.68. The lowest BCUT2D eigenvalue weighted by atomic mass is 9.86. The van der Waals surface area contributed by atoms with Gasteiger partial charge in [0.15, 0.2) is 0 Å². The van der Waals surface area contributed by atoms with Gasteiger partial charge in [0.2, 0.25) is 0 Å². The van der Waals surface area contributed by atoms with Crippen LogP contribution in [0.25, 0.3) is 0 Å². The van der Waals surface area contributed by atoms with Gasteiger partial charge in [-0.2, -0.15) is 0 Å². The molecule has 3 rings (SSSR count). The van der Waals surface area contributed by atoms with Gasteiger partial charge in [-0.15, -0.1) is 0 Å². The molecule has 18 heavy (non-hydrogen) atoms. The Morgan fingerprint density at radius 1 is 1.44 bits per heavy atom. The molecule has 0 spiro atoms. The van der Waals surface area contributed by atoms with Gasteiger partial charge in [-0.05, 0) is 23.8 Å². The molecular formula is C13H15NO4. The van der Waals surface area contributed by atoms with Crippen LogP contribution in [0.15, 0.2) is 18.2 Å². The molecule has 1 aromatic rings. The van der Waals surface area contributed by atoms with Gasteiger partial charge in [0.1, 0.15) is 11.2 Å². The van der Waals surface area contributed by atoms with Crippen LogP contribution in [0.1, 0.15) is 5.56 Å². The van der Waals surface area contributed by atoms with Crippen molar-refractivity contribution in [3.63, 3.8) is 0 Å². The maximum Gasteiger partial charge on any atom is 0.316 e. The van der Waals surface area contributed by atoms with E-state index in [1.165, 1.54) is 5.56 Å². The van der Waals surface area contributed by atoms with Crippen molar-refractivity contribution in [3.05, 3.63) is 23.8 Å². The fraction of sp³-hybridized carbons (Fsp3) is 0.462. The lowest BCUT2D eigenvalue weighted by Crippen LogP contribution is -2.53. The highest BCUT2D eigenvalue weighted by Crippen LogP contribution is 2.31. The van der Waals surface area contributed by atoms with Crippen molar-refractivity contribution in [2.24, 2.45) is 5.41 Å². The van der Waals surface area contributed by atoms with Crippen LogP contribution < -0.4 is 10.1 Å². The van der Waals surface area contributed by atoms with Crippen LogP contribution >= 0.6 is 0 Å². The second-order valence-corrected chi connectivity index (χ2v) is 4.85. The Labute approximate surface area is 105 Å². The average Bonchev–Trinajstić information content (AvgIpc) is 2.74. The highest BCUT2D eigenvalue weighted by Gasteiger charge is 2.46. The van der Waals surface area contributed by atoms with E-state index in [1.54, 1.807) is 0 Å². The first-order chi connectivity index (χ1) is 8.70. The number of fused-ring (bicyclic) bond motifs is 1. The fourth-order valence-electron chi connectivity index (χ4n) is 2.22. The molecular weight excluding hydrogens is 234 g/mol. The first kappa shape index (κ1) is 11.3. The summed E-state index contributed by atoms with van der Waals surface area (Å²) in [6, 6.07) is 5.87. The quantitative estimate of drug-likeness (QED) is 0.837. The predicted octanol–water partition coefficient (Wildman–Crippen LogP) is 1.13. The van der Waals surface area contributed by atoms with Crippen molar-refractivity contribution in [1.82, 2.24) is 0 Å². The maximum atomic E-state index is 11.2. The molecule has 0 amide bonds. The third kappa shape index (κ3) is 1.80. The first-order valence-corrected chi connectivity index (χ1v) is 6.00. The van der Waals surface area contributed by atoms with Gasteiger partial charge in [0, 0.05) is 18.7 Å². The van der Waals surface area contributed by atoms with Crippen LogP contribution in [-0.2, 0) is 16.0 Å².